The minimum atomic E-state index is 0.175. The van der Waals surface area contributed by atoms with Crippen LogP contribution in [0.25, 0.3) is 0 Å². The minimum Gasteiger partial charge on any atom is -0.356 e. The van der Waals surface area contributed by atoms with Crippen molar-refractivity contribution in [1.82, 2.24) is 30.3 Å². The number of hydrogen-bond donors (Lipinski definition) is 2. The fourth-order valence-corrected chi connectivity index (χ4v) is 4.54. The van der Waals surface area contributed by atoms with Gasteiger partial charge in [0, 0.05) is 44.5 Å². The Bertz CT molecular complexity index is 844. The van der Waals surface area contributed by atoms with Crippen molar-refractivity contribution < 1.29 is 0 Å². The summed E-state index contributed by atoms with van der Waals surface area (Å²) in [7, 11) is 1.81. The summed E-state index contributed by atoms with van der Waals surface area (Å²) >= 11 is 6.52. The Morgan fingerprint density at radius 2 is 1.97 bits per heavy atom. The first-order valence-corrected chi connectivity index (χ1v) is 11.9. The molecule has 2 aromatic rings. The smallest absolute Gasteiger partial charge is 0.191 e. The van der Waals surface area contributed by atoms with E-state index in [0.29, 0.717) is 0 Å². The maximum absolute atomic E-state index is 6.52. The molecule has 0 aliphatic carbocycles. The van der Waals surface area contributed by atoms with Crippen LogP contribution >= 0.6 is 11.6 Å². The molecule has 0 saturated carbocycles. The van der Waals surface area contributed by atoms with E-state index in [2.05, 4.69) is 55.2 Å². The molecule has 1 atom stereocenters. The van der Waals surface area contributed by atoms with Gasteiger partial charge in [0.15, 0.2) is 5.96 Å². The molecule has 0 amide bonds. The summed E-state index contributed by atoms with van der Waals surface area (Å²) in [5, 5.41) is 16.5. The van der Waals surface area contributed by atoms with Gasteiger partial charge in [0.25, 0.3) is 0 Å². The zero-order valence-electron chi connectivity index (χ0n) is 19.1. The molecule has 1 aromatic heterocycles. The number of nitrogens with one attached hydrogen (secondary N) is 2. The van der Waals surface area contributed by atoms with Crippen molar-refractivity contribution in [3.63, 3.8) is 0 Å². The number of aliphatic imine (C=N–C) groups is 1. The highest BCUT2D eigenvalue weighted by atomic mass is 35.5. The fourth-order valence-electron chi connectivity index (χ4n) is 4.28. The molecular weight excluding hydrogens is 410 g/mol. The van der Waals surface area contributed by atoms with Crippen LogP contribution in [0.1, 0.15) is 56.4 Å². The van der Waals surface area contributed by atoms with Gasteiger partial charge < -0.3 is 15.2 Å². The van der Waals surface area contributed by atoms with Gasteiger partial charge >= 0.3 is 0 Å². The first-order valence-electron chi connectivity index (χ1n) is 11.5. The topological polar surface area (TPSA) is 70.4 Å². The van der Waals surface area contributed by atoms with Crippen LogP contribution in [-0.2, 0) is 19.4 Å². The Hall–Kier alpha value is -2.12. The third kappa shape index (κ3) is 6.20. The number of aromatic nitrogens is 3. The molecule has 0 radical (unpaired) electrons. The van der Waals surface area contributed by atoms with Crippen molar-refractivity contribution in [2.45, 2.75) is 58.5 Å². The molecule has 0 spiro atoms. The van der Waals surface area contributed by atoms with Crippen molar-refractivity contribution in [3.05, 3.63) is 46.5 Å². The Kier molecular flexibility index (Phi) is 9.15. The van der Waals surface area contributed by atoms with Gasteiger partial charge in [0.1, 0.15) is 11.6 Å². The van der Waals surface area contributed by atoms with Gasteiger partial charge in [0.05, 0.1) is 6.04 Å². The SMILES string of the molecule is CCN(CC)C(CNC(=NC)NCCc1nnc2n1CCCCC2)c1ccccc1Cl. The van der Waals surface area contributed by atoms with Gasteiger partial charge in [-0.2, -0.15) is 0 Å². The van der Waals surface area contributed by atoms with E-state index in [1.54, 1.807) is 7.05 Å². The zero-order chi connectivity index (χ0) is 22.1. The summed E-state index contributed by atoms with van der Waals surface area (Å²) in [5.41, 5.74) is 1.14. The molecule has 8 heteroatoms. The first kappa shape index (κ1) is 23.5. The van der Waals surface area contributed by atoms with Crippen molar-refractivity contribution in [1.29, 1.82) is 0 Å². The summed E-state index contributed by atoms with van der Waals surface area (Å²) < 4.78 is 2.30. The zero-order valence-corrected chi connectivity index (χ0v) is 19.8. The molecule has 1 aliphatic heterocycles. The predicted octanol–water partition coefficient (Wildman–Crippen LogP) is 3.45. The maximum atomic E-state index is 6.52. The summed E-state index contributed by atoms with van der Waals surface area (Å²) in [6.07, 6.45) is 5.57. The van der Waals surface area contributed by atoms with Crippen LogP contribution in [0.3, 0.4) is 0 Å². The molecule has 170 valence electrons. The molecule has 0 bridgehead atoms. The van der Waals surface area contributed by atoms with E-state index in [1.807, 2.05) is 18.2 Å². The average Bonchev–Trinajstić information content (AvgIpc) is 3.01. The number of nitrogens with zero attached hydrogens (tertiary/aromatic N) is 5. The second kappa shape index (κ2) is 12.1. The molecule has 3 rings (SSSR count). The minimum absolute atomic E-state index is 0.175. The Balaban J connectivity index is 1.57. The van der Waals surface area contributed by atoms with E-state index in [4.69, 9.17) is 11.6 Å². The van der Waals surface area contributed by atoms with Crippen LogP contribution in [-0.4, -0.2) is 58.9 Å². The van der Waals surface area contributed by atoms with Crippen LogP contribution in [0.4, 0.5) is 0 Å². The fraction of sp³-hybridized carbons (Fsp3) is 0.609. The second-order valence-corrected chi connectivity index (χ2v) is 8.29. The summed E-state index contributed by atoms with van der Waals surface area (Å²) in [4.78, 5) is 6.82. The number of rotatable bonds is 9. The number of hydrogen-bond acceptors (Lipinski definition) is 4. The number of benzene rings is 1. The van der Waals surface area contributed by atoms with E-state index in [1.165, 1.54) is 19.3 Å². The van der Waals surface area contributed by atoms with Crippen LogP contribution in [0.2, 0.25) is 5.02 Å². The van der Waals surface area contributed by atoms with Gasteiger partial charge in [-0.1, -0.05) is 50.1 Å². The van der Waals surface area contributed by atoms with Gasteiger partial charge in [-0.05, 0) is 37.6 Å². The van der Waals surface area contributed by atoms with E-state index in [-0.39, 0.29) is 6.04 Å². The molecule has 2 heterocycles. The lowest BCUT2D eigenvalue weighted by atomic mass is 10.0. The van der Waals surface area contributed by atoms with E-state index in [9.17, 15) is 0 Å². The second-order valence-electron chi connectivity index (χ2n) is 7.88. The van der Waals surface area contributed by atoms with Crippen LogP contribution in [0.5, 0.6) is 0 Å². The van der Waals surface area contributed by atoms with Crippen molar-refractivity contribution in [2.75, 3.05) is 33.2 Å². The lowest BCUT2D eigenvalue weighted by Crippen LogP contribution is -2.43. The lowest BCUT2D eigenvalue weighted by Gasteiger charge is -2.31. The monoisotopic (exact) mass is 445 g/mol. The van der Waals surface area contributed by atoms with Gasteiger partial charge in [0.2, 0.25) is 0 Å². The van der Waals surface area contributed by atoms with Gasteiger partial charge in [-0.15, -0.1) is 10.2 Å². The highest BCUT2D eigenvalue weighted by Crippen LogP contribution is 2.26. The number of halogens is 1. The number of aryl methyl sites for hydroxylation is 1. The van der Waals surface area contributed by atoms with Gasteiger partial charge in [-0.25, -0.2) is 0 Å². The first-order chi connectivity index (χ1) is 15.2. The summed E-state index contributed by atoms with van der Waals surface area (Å²) in [5.74, 6) is 2.99. The normalized spacial score (nSPS) is 15.5. The number of fused-ring (bicyclic) bond motifs is 1. The Morgan fingerprint density at radius 3 is 2.71 bits per heavy atom. The highest BCUT2D eigenvalue weighted by molar-refractivity contribution is 6.31. The van der Waals surface area contributed by atoms with E-state index >= 15 is 0 Å². The molecule has 2 N–H and O–H groups in total. The molecule has 0 saturated heterocycles. The summed E-state index contributed by atoms with van der Waals surface area (Å²) in [6, 6.07) is 8.27. The quantitative estimate of drug-likeness (QED) is 0.457. The Morgan fingerprint density at radius 1 is 1.16 bits per heavy atom. The average molecular weight is 446 g/mol. The largest absolute Gasteiger partial charge is 0.356 e. The summed E-state index contributed by atoms with van der Waals surface area (Å²) in [6.45, 7) is 8.80. The predicted molar refractivity (Wildman–Crippen MR) is 128 cm³/mol. The van der Waals surface area contributed by atoms with Crippen LogP contribution < -0.4 is 10.6 Å². The Labute approximate surface area is 191 Å². The highest BCUT2D eigenvalue weighted by Gasteiger charge is 2.21. The molecule has 1 aromatic carbocycles. The van der Waals surface area contributed by atoms with Crippen molar-refractivity contribution >= 4 is 17.6 Å². The third-order valence-electron chi connectivity index (χ3n) is 6.03. The number of likely N-dealkylation sites (N-methyl/N-ethyl adjacent to an activating group) is 1. The van der Waals surface area contributed by atoms with E-state index in [0.717, 1.165) is 73.8 Å². The molecule has 1 aliphatic rings. The number of guanidine groups is 1. The van der Waals surface area contributed by atoms with Crippen LogP contribution in [0.15, 0.2) is 29.3 Å². The molecule has 7 nitrogen and oxygen atoms in total. The standard InChI is InChI=1S/C23H36ClN7/c1-4-30(5-2)20(18-11-8-9-12-19(18)24)17-27-23(25-3)26-15-14-22-29-28-21-13-7-6-10-16-31(21)22/h8-9,11-12,20H,4-7,10,13-17H2,1-3H3,(H2,25,26,27). The van der Waals surface area contributed by atoms with Crippen molar-refractivity contribution in [3.8, 4) is 0 Å². The van der Waals surface area contributed by atoms with E-state index < -0.39 is 0 Å². The van der Waals surface area contributed by atoms with Crippen molar-refractivity contribution in [2.24, 2.45) is 4.99 Å². The molecule has 1 unspecified atom stereocenters. The third-order valence-corrected chi connectivity index (χ3v) is 6.38. The lowest BCUT2D eigenvalue weighted by molar-refractivity contribution is 0.219. The van der Waals surface area contributed by atoms with Crippen LogP contribution in [0, 0.1) is 0 Å². The maximum Gasteiger partial charge on any atom is 0.191 e. The van der Waals surface area contributed by atoms with Gasteiger partial charge in [-0.3, -0.25) is 9.89 Å². The molecule has 0 fully saturated rings. The molecular formula is C23H36ClN7. The molecule has 31 heavy (non-hydrogen) atoms.